The molecule has 0 radical (unpaired) electrons. The zero-order valence-corrected chi connectivity index (χ0v) is 11.5. The number of anilines is 1. The van der Waals surface area contributed by atoms with E-state index >= 15 is 0 Å². The third-order valence-electron chi connectivity index (χ3n) is 4.12. The fraction of sp³-hybridized carbons (Fsp3) is 0.667. The van der Waals surface area contributed by atoms with Crippen LogP contribution >= 0.6 is 0 Å². The van der Waals surface area contributed by atoms with Crippen LogP contribution in [0, 0.1) is 5.92 Å². The fourth-order valence-corrected chi connectivity index (χ4v) is 2.81. The Kier molecular flexibility index (Phi) is 4.45. The molecule has 1 aliphatic carbocycles. The van der Waals surface area contributed by atoms with Crippen molar-refractivity contribution in [3.05, 3.63) is 28.7 Å². The molecule has 0 aliphatic heterocycles. The van der Waals surface area contributed by atoms with Crippen LogP contribution in [0.3, 0.4) is 0 Å². The van der Waals surface area contributed by atoms with Crippen LogP contribution in [0.1, 0.15) is 46.0 Å². The summed E-state index contributed by atoms with van der Waals surface area (Å²) in [6.07, 6.45) is 8.43. The zero-order chi connectivity index (χ0) is 13.0. The van der Waals surface area contributed by atoms with Crippen LogP contribution in [-0.2, 0) is 6.54 Å². The quantitative estimate of drug-likeness (QED) is 0.887. The summed E-state index contributed by atoms with van der Waals surface area (Å²) in [4.78, 5) is 11.5. The molecule has 1 fully saturated rings. The number of aromatic nitrogens is 1. The maximum Gasteiger partial charge on any atom is 0.250 e. The minimum absolute atomic E-state index is 0.0812. The second-order valence-electron chi connectivity index (χ2n) is 5.31. The monoisotopic (exact) mass is 248 g/mol. The lowest BCUT2D eigenvalue weighted by molar-refractivity contribution is 0.330. The molecule has 1 aliphatic rings. The topological polar surface area (TPSA) is 34.0 Å². The highest BCUT2D eigenvalue weighted by molar-refractivity contribution is 5.41. The van der Waals surface area contributed by atoms with Crippen molar-refractivity contribution in [2.45, 2.75) is 58.5 Å². The number of pyridine rings is 1. The van der Waals surface area contributed by atoms with Crippen molar-refractivity contribution in [2.24, 2.45) is 5.92 Å². The van der Waals surface area contributed by atoms with Crippen LogP contribution < -0.4 is 10.9 Å². The minimum Gasteiger partial charge on any atom is -0.381 e. The lowest BCUT2D eigenvalue weighted by atomic mass is 9.84. The van der Waals surface area contributed by atoms with Crippen LogP contribution in [0.4, 0.5) is 5.69 Å². The molecule has 1 heterocycles. The number of hydrogen-bond donors (Lipinski definition) is 1. The van der Waals surface area contributed by atoms with Gasteiger partial charge in [0.05, 0.1) is 5.69 Å². The lowest BCUT2D eigenvalue weighted by Gasteiger charge is -2.29. The van der Waals surface area contributed by atoms with Crippen molar-refractivity contribution in [1.29, 1.82) is 0 Å². The average molecular weight is 248 g/mol. The number of nitrogens with one attached hydrogen (secondary N) is 1. The molecule has 100 valence electrons. The first-order valence-corrected chi connectivity index (χ1v) is 7.20. The smallest absolute Gasteiger partial charge is 0.250 e. The summed E-state index contributed by atoms with van der Waals surface area (Å²) >= 11 is 0. The molecule has 0 aromatic carbocycles. The molecule has 2 rings (SSSR count). The van der Waals surface area contributed by atoms with Crippen molar-refractivity contribution in [1.82, 2.24) is 4.57 Å². The predicted octanol–water partition coefficient (Wildman–Crippen LogP) is 3.25. The first-order chi connectivity index (χ1) is 8.72. The van der Waals surface area contributed by atoms with Gasteiger partial charge in [0.25, 0.3) is 5.56 Å². The van der Waals surface area contributed by atoms with Gasteiger partial charge in [0.15, 0.2) is 0 Å². The highest BCUT2D eigenvalue weighted by atomic mass is 16.1. The van der Waals surface area contributed by atoms with E-state index in [9.17, 15) is 4.79 Å². The SMILES string of the molecule is CCC1CCC(Nc2ccc(=O)n(CC)c2)CC1. The maximum atomic E-state index is 11.5. The van der Waals surface area contributed by atoms with Gasteiger partial charge in [0.2, 0.25) is 0 Å². The Morgan fingerprint density at radius 3 is 2.56 bits per heavy atom. The van der Waals surface area contributed by atoms with Crippen LogP contribution in [0.15, 0.2) is 23.1 Å². The van der Waals surface area contributed by atoms with Crippen molar-refractivity contribution < 1.29 is 0 Å². The van der Waals surface area contributed by atoms with Crippen molar-refractivity contribution in [3.8, 4) is 0 Å². The molecule has 1 saturated carbocycles. The summed E-state index contributed by atoms with van der Waals surface area (Å²) in [7, 11) is 0. The summed E-state index contributed by atoms with van der Waals surface area (Å²) in [6, 6.07) is 4.14. The molecule has 0 bridgehead atoms. The van der Waals surface area contributed by atoms with Gasteiger partial charge in [-0.05, 0) is 44.6 Å². The highest BCUT2D eigenvalue weighted by Gasteiger charge is 2.19. The second kappa shape index (κ2) is 6.07. The van der Waals surface area contributed by atoms with Crippen LogP contribution in [0.2, 0.25) is 0 Å². The molecular formula is C15H24N2O. The molecule has 0 spiro atoms. The van der Waals surface area contributed by atoms with Crippen molar-refractivity contribution >= 4 is 5.69 Å². The van der Waals surface area contributed by atoms with Gasteiger partial charge in [-0.2, -0.15) is 0 Å². The van der Waals surface area contributed by atoms with Gasteiger partial charge in [-0.15, -0.1) is 0 Å². The number of hydrogen-bond acceptors (Lipinski definition) is 2. The van der Waals surface area contributed by atoms with E-state index in [4.69, 9.17) is 0 Å². The van der Waals surface area contributed by atoms with E-state index in [1.54, 1.807) is 10.6 Å². The first-order valence-electron chi connectivity index (χ1n) is 7.20. The molecule has 18 heavy (non-hydrogen) atoms. The van der Waals surface area contributed by atoms with Crippen LogP contribution in [-0.4, -0.2) is 10.6 Å². The predicted molar refractivity (Wildman–Crippen MR) is 76.0 cm³/mol. The van der Waals surface area contributed by atoms with E-state index in [0.29, 0.717) is 6.04 Å². The average Bonchev–Trinajstić information content (AvgIpc) is 2.42. The van der Waals surface area contributed by atoms with E-state index in [1.807, 2.05) is 19.2 Å². The van der Waals surface area contributed by atoms with Gasteiger partial charge in [0.1, 0.15) is 0 Å². The maximum absolute atomic E-state index is 11.5. The Balaban J connectivity index is 1.96. The molecular weight excluding hydrogens is 224 g/mol. The van der Waals surface area contributed by atoms with Gasteiger partial charge in [-0.1, -0.05) is 13.3 Å². The molecule has 1 aromatic heterocycles. The Morgan fingerprint density at radius 2 is 1.94 bits per heavy atom. The fourth-order valence-electron chi connectivity index (χ4n) is 2.81. The van der Waals surface area contributed by atoms with E-state index in [-0.39, 0.29) is 5.56 Å². The first kappa shape index (κ1) is 13.2. The molecule has 0 saturated heterocycles. The minimum atomic E-state index is 0.0812. The van der Waals surface area contributed by atoms with E-state index < -0.39 is 0 Å². The van der Waals surface area contributed by atoms with Crippen molar-refractivity contribution in [2.75, 3.05) is 5.32 Å². The van der Waals surface area contributed by atoms with Crippen LogP contribution in [0.25, 0.3) is 0 Å². The Hall–Kier alpha value is -1.25. The number of rotatable bonds is 4. The van der Waals surface area contributed by atoms with Gasteiger partial charge < -0.3 is 9.88 Å². The molecule has 1 N–H and O–H groups in total. The Bertz CT molecular complexity index is 430. The highest BCUT2D eigenvalue weighted by Crippen LogP contribution is 2.28. The second-order valence-corrected chi connectivity index (χ2v) is 5.31. The molecule has 0 atom stereocenters. The summed E-state index contributed by atoms with van der Waals surface area (Å²) in [5.41, 5.74) is 1.16. The van der Waals surface area contributed by atoms with Gasteiger partial charge in [0, 0.05) is 24.8 Å². The van der Waals surface area contributed by atoms with E-state index in [1.165, 1.54) is 32.1 Å². The normalized spacial score (nSPS) is 23.9. The van der Waals surface area contributed by atoms with Crippen molar-refractivity contribution in [3.63, 3.8) is 0 Å². The standard InChI is InChI=1S/C15H24N2O/c1-3-12-5-7-13(8-6-12)16-14-9-10-15(18)17(4-2)11-14/h9-13,16H,3-8H2,1-2H3. The van der Waals surface area contributed by atoms with E-state index in [2.05, 4.69) is 12.2 Å². The van der Waals surface area contributed by atoms with Crippen LogP contribution in [0.5, 0.6) is 0 Å². The number of aryl methyl sites for hydroxylation is 1. The summed E-state index contributed by atoms with van der Waals surface area (Å²) in [6.45, 7) is 5.02. The molecule has 3 heteroatoms. The summed E-state index contributed by atoms with van der Waals surface area (Å²) in [5, 5.41) is 3.57. The Morgan fingerprint density at radius 1 is 1.22 bits per heavy atom. The summed E-state index contributed by atoms with van der Waals surface area (Å²) < 4.78 is 1.75. The number of nitrogens with zero attached hydrogens (tertiary/aromatic N) is 1. The molecule has 3 nitrogen and oxygen atoms in total. The Labute approximate surface area is 109 Å². The molecule has 0 amide bonds. The largest absolute Gasteiger partial charge is 0.381 e. The zero-order valence-electron chi connectivity index (χ0n) is 11.5. The summed E-state index contributed by atoms with van der Waals surface area (Å²) in [5.74, 6) is 0.924. The van der Waals surface area contributed by atoms with Gasteiger partial charge in [-0.3, -0.25) is 4.79 Å². The molecule has 0 unspecified atom stereocenters. The third-order valence-corrected chi connectivity index (χ3v) is 4.12. The van der Waals surface area contributed by atoms with E-state index in [0.717, 1.165) is 18.2 Å². The van der Waals surface area contributed by atoms with Gasteiger partial charge >= 0.3 is 0 Å². The lowest BCUT2D eigenvalue weighted by Crippen LogP contribution is -2.27. The van der Waals surface area contributed by atoms with Gasteiger partial charge in [-0.25, -0.2) is 0 Å². The third kappa shape index (κ3) is 3.15. The molecule has 1 aromatic rings.